The number of nitrogen functional groups attached to an aromatic ring is 1. The van der Waals surface area contributed by atoms with Gasteiger partial charge < -0.3 is 20.1 Å². The fourth-order valence-corrected chi connectivity index (χ4v) is 2.67. The van der Waals surface area contributed by atoms with E-state index in [4.69, 9.17) is 15.2 Å². The summed E-state index contributed by atoms with van der Waals surface area (Å²) in [6, 6.07) is 1.60. The first-order chi connectivity index (χ1) is 11.0. The molecular weight excluding hydrogens is 299 g/mol. The second-order valence-electron chi connectivity index (χ2n) is 5.50. The first kappa shape index (κ1) is 15.5. The van der Waals surface area contributed by atoms with E-state index >= 15 is 0 Å². The fraction of sp³-hybridized carbons (Fsp3) is 0.375. The number of hydrogen-bond acceptors (Lipinski definition) is 6. The largest absolute Gasteiger partial charge is 0.493 e. The molecule has 1 aromatic carbocycles. The monoisotopic (exact) mass is 318 g/mol. The van der Waals surface area contributed by atoms with Gasteiger partial charge in [-0.25, -0.2) is 14.4 Å². The molecule has 1 aromatic heterocycles. The van der Waals surface area contributed by atoms with Crippen LogP contribution in [-0.4, -0.2) is 49.2 Å². The van der Waals surface area contributed by atoms with Gasteiger partial charge in [-0.15, -0.1) is 0 Å². The highest BCUT2D eigenvalue weighted by Gasteiger charge is 2.21. The highest BCUT2D eigenvalue weighted by atomic mass is 19.1. The molecule has 7 heteroatoms. The minimum Gasteiger partial charge on any atom is -0.493 e. The van der Waals surface area contributed by atoms with Gasteiger partial charge in [-0.2, -0.15) is 0 Å². The Morgan fingerprint density at radius 2 is 2.04 bits per heavy atom. The second-order valence-corrected chi connectivity index (χ2v) is 5.50. The number of hydrogen-bond donors (Lipinski definition) is 1. The molecule has 0 aliphatic carbocycles. The van der Waals surface area contributed by atoms with E-state index < -0.39 is 5.82 Å². The van der Waals surface area contributed by atoms with Crippen LogP contribution in [0.15, 0.2) is 12.1 Å². The van der Waals surface area contributed by atoms with E-state index in [9.17, 15) is 4.39 Å². The van der Waals surface area contributed by atoms with Crippen LogP contribution in [0.5, 0.6) is 11.5 Å². The van der Waals surface area contributed by atoms with E-state index in [-0.39, 0.29) is 22.8 Å². The molecule has 122 valence electrons. The maximum Gasteiger partial charge on any atom is 0.199 e. The Morgan fingerprint density at radius 1 is 1.26 bits per heavy atom. The summed E-state index contributed by atoms with van der Waals surface area (Å²) in [4.78, 5) is 10.9. The minimum atomic E-state index is -0.592. The lowest BCUT2D eigenvalue weighted by molar-refractivity contribution is 0.339. The van der Waals surface area contributed by atoms with Gasteiger partial charge >= 0.3 is 0 Å². The smallest absolute Gasteiger partial charge is 0.199 e. The highest BCUT2D eigenvalue weighted by Crippen LogP contribution is 2.37. The molecule has 23 heavy (non-hydrogen) atoms. The van der Waals surface area contributed by atoms with Crippen LogP contribution in [0.1, 0.15) is 12.2 Å². The zero-order valence-electron chi connectivity index (χ0n) is 13.4. The molecule has 0 bridgehead atoms. The molecule has 0 saturated heterocycles. The Labute approximate surface area is 133 Å². The summed E-state index contributed by atoms with van der Waals surface area (Å²) in [6.07, 6.45) is 2.85. The van der Waals surface area contributed by atoms with Crippen LogP contribution in [-0.2, 0) is 0 Å². The van der Waals surface area contributed by atoms with Gasteiger partial charge in [-0.05, 0) is 25.1 Å². The van der Waals surface area contributed by atoms with E-state index in [0.29, 0.717) is 11.2 Å². The molecular formula is C16H19FN4O2. The molecule has 0 fully saturated rings. The van der Waals surface area contributed by atoms with Gasteiger partial charge in [0.15, 0.2) is 23.1 Å². The van der Waals surface area contributed by atoms with Crippen LogP contribution in [0.4, 0.5) is 10.2 Å². The van der Waals surface area contributed by atoms with Crippen molar-refractivity contribution in [2.75, 3.05) is 40.1 Å². The lowest BCUT2D eigenvalue weighted by Gasteiger charge is -2.21. The van der Waals surface area contributed by atoms with Crippen molar-refractivity contribution < 1.29 is 13.9 Å². The standard InChI is InChI=1S/C16H19FN4O2/c1-21-6-4-9(5-7-21)16-19-13-10(15(18)20-16)8-11(22-2)14(23-3)12(13)17/h4,8H,5-7H2,1-3H3,(H2,18,19,20). The Kier molecular flexibility index (Phi) is 4.04. The van der Waals surface area contributed by atoms with Gasteiger partial charge in [0, 0.05) is 18.5 Å². The number of ether oxygens (including phenoxy) is 2. The van der Waals surface area contributed by atoms with Crippen LogP contribution in [0.3, 0.4) is 0 Å². The Balaban J connectivity index is 2.19. The molecule has 2 N–H and O–H groups in total. The first-order valence-corrected chi connectivity index (χ1v) is 7.30. The van der Waals surface area contributed by atoms with Crippen LogP contribution < -0.4 is 15.2 Å². The zero-order valence-corrected chi connectivity index (χ0v) is 13.4. The predicted molar refractivity (Wildman–Crippen MR) is 87.1 cm³/mol. The SMILES string of the molecule is COc1cc2c(N)nc(C3=CCN(C)CC3)nc2c(F)c1OC. The topological polar surface area (TPSA) is 73.5 Å². The van der Waals surface area contributed by atoms with E-state index in [1.165, 1.54) is 14.2 Å². The first-order valence-electron chi connectivity index (χ1n) is 7.30. The average Bonchev–Trinajstić information content (AvgIpc) is 2.55. The summed E-state index contributed by atoms with van der Waals surface area (Å²) in [7, 11) is 4.87. The number of aromatic nitrogens is 2. The van der Waals surface area contributed by atoms with E-state index in [1.807, 2.05) is 13.1 Å². The molecule has 2 heterocycles. The van der Waals surface area contributed by atoms with Gasteiger partial charge in [0.25, 0.3) is 0 Å². The van der Waals surface area contributed by atoms with E-state index in [0.717, 1.165) is 25.1 Å². The van der Waals surface area contributed by atoms with Crippen molar-refractivity contribution in [1.29, 1.82) is 0 Å². The number of rotatable bonds is 3. The normalized spacial score (nSPS) is 15.6. The van der Waals surface area contributed by atoms with Gasteiger partial charge in [0.2, 0.25) is 0 Å². The van der Waals surface area contributed by atoms with Crippen LogP contribution in [0.2, 0.25) is 0 Å². The number of fused-ring (bicyclic) bond motifs is 1. The summed E-state index contributed by atoms with van der Waals surface area (Å²) in [5.74, 6) is 0.380. The van der Waals surface area contributed by atoms with Crippen molar-refractivity contribution in [2.45, 2.75) is 6.42 Å². The Bertz CT molecular complexity index is 791. The van der Waals surface area contributed by atoms with Crippen LogP contribution in [0, 0.1) is 5.82 Å². The summed E-state index contributed by atoms with van der Waals surface area (Å²) in [6.45, 7) is 1.71. The number of nitrogens with two attached hydrogens (primary N) is 1. The number of anilines is 1. The van der Waals surface area contributed by atoms with Crippen molar-refractivity contribution in [3.8, 4) is 11.5 Å². The molecule has 3 rings (SSSR count). The van der Waals surface area contributed by atoms with Crippen LogP contribution in [0.25, 0.3) is 16.5 Å². The summed E-state index contributed by atoms with van der Waals surface area (Å²) < 4.78 is 25.0. The molecule has 1 aliphatic heterocycles. The van der Waals surface area contributed by atoms with Gasteiger partial charge in [-0.1, -0.05) is 6.08 Å². The van der Waals surface area contributed by atoms with Crippen molar-refractivity contribution in [2.24, 2.45) is 0 Å². The molecule has 0 atom stereocenters. The maximum atomic E-state index is 14.7. The van der Waals surface area contributed by atoms with Crippen LogP contribution >= 0.6 is 0 Å². The number of likely N-dealkylation sites (N-methyl/N-ethyl adjacent to an activating group) is 1. The number of halogens is 1. The lowest BCUT2D eigenvalue weighted by Crippen LogP contribution is -2.24. The molecule has 0 radical (unpaired) electrons. The third-order valence-corrected chi connectivity index (χ3v) is 4.01. The van der Waals surface area contributed by atoms with E-state index in [2.05, 4.69) is 14.9 Å². The number of methoxy groups -OCH3 is 2. The minimum absolute atomic E-state index is 0.0152. The van der Waals surface area contributed by atoms with Crippen molar-refractivity contribution in [1.82, 2.24) is 14.9 Å². The molecule has 0 spiro atoms. The molecule has 2 aromatic rings. The predicted octanol–water partition coefficient (Wildman–Crippen LogP) is 2.09. The summed E-state index contributed by atoms with van der Waals surface area (Å²) >= 11 is 0. The Hall–Kier alpha value is -2.41. The van der Waals surface area contributed by atoms with Crippen molar-refractivity contribution in [3.63, 3.8) is 0 Å². The quantitative estimate of drug-likeness (QED) is 0.934. The fourth-order valence-electron chi connectivity index (χ4n) is 2.67. The number of benzene rings is 1. The average molecular weight is 318 g/mol. The third-order valence-electron chi connectivity index (χ3n) is 4.01. The number of nitrogens with zero attached hydrogens (tertiary/aromatic N) is 3. The molecule has 0 amide bonds. The lowest BCUT2D eigenvalue weighted by atomic mass is 10.1. The highest BCUT2D eigenvalue weighted by molar-refractivity contribution is 5.92. The third kappa shape index (κ3) is 2.68. The van der Waals surface area contributed by atoms with Gasteiger partial charge in [-0.3, -0.25) is 0 Å². The summed E-state index contributed by atoms with van der Waals surface area (Å²) in [5.41, 5.74) is 7.14. The van der Waals surface area contributed by atoms with Crippen molar-refractivity contribution >= 4 is 22.3 Å². The van der Waals surface area contributed by atoms with Gasteiger partial charge in [0.1, 0.15) is 11.3 Å². The van der Waals surface area contributed by atoms with Crippen molar-refractivity contribution in [3.05, 3.63) is 23.8 Å². The van der Waals surface area contributed by atoms with E-state index in [1.54, 1.807) is 6.07 Å². The Morgan fingerprint density at radius 3 is 2.65 bits per heavy atom. The zero-order chi connectivity index (χ0) is 16.6. The molecule has 1 aliphatic rings. The summed E-state index contributed by atoms with van der Waals surface area (Å²) in [5, 5.41) is 0.414. The molecule has 0 saturated carbocycles. The van der Waals surface area contributed by atoms with Gasteiger partial charge in [0.05, 0.1) is 14.2 Å². The second kappa shape index (κ2) is 6.00. The molecule has 0 unspecified atom stereocenters. The maximum absolute atomic E-state index is 14.7. The molecule has 6 nitrogen and oxygen atoms in total.